The van der Waals surface area contributed by atoms with E-state index in [0.29, 0.717) is 18.4 Å². The van der Waals surface area contributed by atoms with Gasteiger partial charge in [0.05, 0.1) is 6.61 Å². The van der Waals surface area contributed by atoms with Gasteiger partial charge >= 0.3 is 0 Å². The second-order valence-corrected chi connectivity index (χ2v) is 5.52. The molecule has 1 aliphatic carbocycles. The number of hydrogen-bond acceptors (Lipinski definition) is 2. The molecule has 3 heteroatoms. The minimum Gasteiger partial charge on any atom is -0.383 e. The molecule has 0 radical (unpaired) electrons. The van der Waals surface area contributed by atoms with Crippen LogP contribution in [0.5, 0.6) is 0 Å². The average molecular weight is 199 g/mol. The Labute approximate surface area is 84.4 Å². The van der Waals surface area contributed by atoms with Crippen molar-refractivity contribution in [3.8, 4) is 0 Å². The highest BCUT2D eigenvalue weighted by Crippen LogP contribution is 2.60. The van der Waals surface area contributed by atoms with Gasteiger partial charge in [-0.25, -0.2) is 4.39 Å². The summed E-state index contributed by atoms with van der Waals surface area (Å²) in [7, 11) is 1.73. The topological polar surface area (TPSA) is 12.5 Å². The maximum atomic E-state index is 13.4. The van der Waals surface area contributed by atoms with Crippen LogP contribution in [0.25, 0.3) is 0 Å². The Hall–Kier alpha value is -0.150. The first-order chi connectivity index (χ1) is 6.68. The summed E-state index contributed by atoms with van der Waals surface area (Å²) in [5.41, 5.74) is 0.628. The maximum Gasteiger partial charge on any atom is 0.115 e. The molecule has 2 heterocycles. The smallest absolute Gasteiger partial charge is 0.115 e. The fraction of sp³-hybridized carbons (Fsp3) is 1.00. The van der Waals surface area contributed by atoms with E-state index in [4.69, 9.17) is 4.74 Å². The third kappa shape index (κ3) is 1.15. The fourth-order valence-electron chi connectivity index (χ4n) is 3.60. The molecule has 1 spiro atoms. The van der Waals surface area contributed by atoms with Crippen LogP contribution in [0, 0.1) is 5.41 Å². The summed E-state index contributed by atoms with van der Waals surface area (Å²) in [6.45, 7) is 2.48. The van der Waals surface area contributed by atoms with Crippen molar-refractivity contribution in [1.82, 2.24) is 4.90 Å². The van der Waals surface area contributed by atoms with Gasteiger partial charge in [-0.15, -0.1) is 0 Å². The summed E-state index contributed by atoms with van der Waals surface area (Å²) in [4.78, 5) is 2.36. The predicted molar refractivity (Wildman–Crippen MR) is 52.0 cm³/mol. The number of alkyl halides is 1. The molecule has 2 unspecified atom stereocenters. The number of nitrogens with zero attached hydrogens (tertiary/aromatic N) is 1. The van der Waals surface area contributed by atoms with Crippen molar-refractivity contribution in [1.29, 1.82) is 0 Å². The van der Waals surface area contributed by atoms with Crippen LogP contribution in [0.3, 0.4) is 0 Å². The number of halogens is 1. The van der Waals surface area contributed by atoms with Crippen LogP contribution >= 0.6 is 0 Å². The summed E-state index contributed by atoms with van der Waals surface area (Å²) in [6, 6.07) is 0. The summed E-state index contributed by atoms with van der Waals surface area (Å²) < 4.78 is 18.7. The van der Waals surface area contributed by atoms with Crippen molar-refractivity contribution >= 4 is 0 Å². The van der Waals surface area contributed by atoms with Gasteiger partial charge < -0.3 is 4.74 Å². The first kappa shape index (κ1) is 9.10. The van der Waals surface area contributed by atoms with Crippen LogP contribution in [0.2, 0.25) is 0 Å². The molecular formula is C11H18FNO. The zero-order valence-corrected chi connectivity index (χ0v) is 8.76. The Morgan fingerprint density at radius 3 is 2.93 bits per heavy atom. The molecule has 2 aliphatic heterocycles. The van der Waals surface area contributed by atoms with Gasteiger partial charge in [-0.2, -0.15) is 0 Å². The van der Waals surface area contributed by atoms with Gasteiger partial charge in [-0.05, 0) is 24.7 Å². The van der Waals surface area contributed by atoms with E-state index < -0.39 is 6.17 Å². The van der Waals surface area contributed by atoms with Crippen LogP contribution in [0.4, 0.5) is 4.39 Å². The van der Waals surface area contributed by atoms with Gasteiger partial charge in [-0.3, -0.25) is 4.90 Å². The molecule has 3 rings (SSSR count). The zero-order valence-electron chi connectivity index (χ0n) is 8.76. The van der Waals surface area contributed by atoms with Gasteiger partial charge in [0.2, 0.25) is 0 Å². The molecule has 0 aromatic carbocycles. The van der Waals surface area contributed by atoms with E-state index in [-0.39, 0.29) is 5.54 Å². The average Bonchev–Trinajstić information content (AvgIpc) is 2.67. The van der Waals surface area contributed by atoms with Crippen molar-refractivity contribution in [3.05, 3.63) is 0 Å². The third-order valence-electron chi connectivity index (χ3n) is 4.29. The summed E-state index contributed by atoms with van der Waals surface area (Å²) in [6.07, 6.45) is 3.95. The fourth-order valence-corrected chi connectivity index (χ4v) is 3.60. The molecule has 0 amide bonds. The first-order valence-electron chi connectivity index (χ1n) is 5.56. The second-order valence-electron chi connectivity index (χ2n) is 5.52. The summed E-state index contributed by atoms with van der Waals surface area (Å²) >= 11 is 0. The van der Waals surface area contributed by atoms with Gasteiger partial charge in [0, 0.05) is 32.2 Å². The molecule has 0 bridgehead atoms. The number of hydrogen-bond donors (Lipinski definition) is 0. The summed E-state index contributed by atoms with van der Waals surface area (Å²) in [5.74, 6) is 0. The van der Waals surface area contributed by atoms with Crippen molar-refractivity contribution in [2.75, 3.05) is 26.8 Å². The largest absolute Gasteiger partial charge is 0.383 e. The van der Waals surface area contributed by atoms with Crippen molar-refractivity contribution < 1.29 is 9.13 Å². The van der Waals surface area contributed by atoms with Crippen molar-refractivity contribution in [2.24, 2.45) is 5.41 Å². The van der Waals surface area contributed by atoms with Crippen LogP contribution in [-0.2, 0) is 4.74 Å². The second kappa shape index (κ2) is 2.70. The third-order valence-corrected chi connectivity index (χ3v) is 4.29. The van der Waals surface area contributed by atoms with E-state index in [0.717, 1.165) is 13.2 Å². The van der Waals surface area contributed by atoms with Crippen molar-refractivity contribution in [2.45, 2.75) is 37.4 Å². The minimum atomic E-state index is -0.624. The Kier molecular flexibility index (Phi) is 1.76. The van der Waals surface area contributed by atoms with Gasteiger partial charge in [0.15, 0.2) is 0 Å². The molecule has 0 N–H and O–H groups in total. The van der Waals surface area contributed by atoms with Crippen LogP contribution in [-0.4, -0.2) is 43.4 Å². The Morgan fingerprint density at radius 2 is 2.29 bits per heavy atom. The lowest BCUT2D eigenvalue weighted by atomic mass is 9.89. The van der Waals surface area contributed by atoms with Gasteiger partial charge in [0.25, 0.3) is 0 Å². The SMILES string of the molecule is COCC12CC(F)CN1CC1(CC1)C2. The Bertz CT molecular complexity index is 254. The molecule has 2 nitrogen and oxygen atoms in total. The molecule has 0 aromatic heterocycles. The van der Waals surface area contributed by atoms with Crippen LogP contribution in [0.15, 0.2) is 0 Å². The quantitative estimate of drug-likeness (QED) is 0.669. The Balaban J connectivity index is 1.82. The van der Waals surface area contributed by atoms with Crippen molar-refractivity contribution in [3.63, 3.8) is 0 Å². The lowest BCUT2D eigenvalue weighted by molar-refractivity contribution is 0.0649. The van der Waals surface area contributed by atoms with E-state index >= 15 is 0 Å². The standard InChI is InChI=1S/C11H18FNO/c1-14-8-11-4-9(12)5-13(11)7-10(6-11)2-3-10/h9H,2-8H2,1H3. The van der Waals surface area contributed by atoms with Crippen LogP contribution < -0.4 is 0 Å². The molecule has 3 aliphatic rings. The van der Waals surface area contributed by atoms with Gasteiger partial charge in [-0.1, -0.05) is 0 Å². The van der Waals surface area contributed by atoms with Gasteiger partial charge in [0.1, 0.15) is 6.17 Å². The molecule has 14 heavy (non-hydrogen) atoms. The monoisotopic (exact) mass is 199 g/mol. The first-order valence-corrected chi connectivity index (χ1v) is 5.56. The van der Waals surface area contributed by atoms with E-state index in [1.807, 2.05) is 0 Å². The van der Waals surface area contributed by atoms with E-state index in [1.54, 1.807) is 7.11 Å². The predicted octanol–water partition coefficient (Wildman–Crippen LogP) is 1.60. The summed E-state index contributed by atoms with van der Waals surface area (Å²) in [5, 5.41) is 0. The van der Waals surface area contributed by atoms with Crippen LogP contribution in [0.1, 0.15) is 25.7 Å². The number of ether oxygens (including phenoxy) is 1. The Morgan fingerprint density at radius 1 is 1.50 bits per heavy atom. The molecule has 3 fully saturated rings. The molecule has 2 saturated heterocycles. The molecule has 80 valence electrons. The number of rotatable bonds is 2. The number of fused-ring (bicyclic) bond motifs is 1. The highest BCUT2D eigenvalue weighted by Gasteiger charge is 2.61. The maximum absolute atomic E-state index is 13.4. The van der Waals surface area contributed by atoms with E-state index in [9.17, 15) is 4.39 Å². The number of methoxy groups -OCH3 is 1. The lowest BCUT2D eigenvalue weighted by Gasteiger charge is -2.30. The van der Waals surface area contributed by atoms with E-state index in [2.05, 4.69) is 4.90 Å². The zero-order chi connectivity index (χ0) is 9.81. The molecule has 0 aromatic rings. The minimum absolute atomic E-state index is 0.0602. The molecule has 2 atom stereocenters. The van der Waals surface area contributed by atoms with E-state index in [1.165, 1.54) is 19.3 Å². The highest BCUT2D eigenvalue weighted by atomic mass is 19.1. The highest BCUT2D eigenvalue weighted by molar-refractivity contribution is 5.15. The molecular weight excluding hydrogens is 181 g/mol. The molecule has 1 saturated carbocycles. The normalized spacial score (nSPS) is 44.6. The lowest BCUT2D eigenvalue weighted by Crippen LogP contribution is -2.42.